The molecule has 0 spiro atoms. The van der Waals surface area contributed by atoms with E-state index in [4.69, 9.17) is 80.5 Å². The van der Waals surface area contributed by atoms with Crippen LogP contribution < -0.4 is 16.0 Å². The molecular weight excluding hydrogens is 1470 g/mol. The average molecular weight is 1570 g/mol. The summed E-state index contributed by atoms with van der Waals surface area (Å²) in [6, 6.07) is -5.53. The van der Waals surface area contributed by atoms with E-state index in [2.05, 4.69) is 16.0 Å². The molecule has 1 unspecified atom stereocenters. The van der Waals surface area contributed by atoms with Crippen LogP contribution in [0.5, 0.6) is 0 Å². The number of nitrogens with one attached hydrogen (secondary N) is 3. The molecule has 9 saturated heterocycles. The van der Waals surface area contributed by atoms with Gasteiger partial charge >= 0.3 is 0 Å². The lowest BCUT2D eigenvalue weighted by atomic mass is 9.93. The van der Waals surface area contributed by atoms with Crippen molar-refractivity contribution in [2.75, 3.05) is 46.2 Å². The summed E-state index contributed by atoms with van der Waals surface area (Å²) in [6.45, 7) is -1.59. The van der Waals surface area contributed by atoms with Crippen molar-refractivity contribution in [3.05, 3.63) is 0 Å². The molecule has 0 saturated carbocycles. The van der Waals surface area contributed by atoms with Crippen molar-refractivity contribution < 1.29 is 217 Å². The fraction of sp³-hybridized carbons (Fsp3) is 0.950. The molecule has 45 atom stereocenters. The first-order valence-corrected chi connectivity index (χ1v) is 34.4. The lowest BCUT2D eigenvalue weighted by molar-refractivity contribution is -0.395. The highest BCUT2D eigenvalue weighted by molar-refractivity contribution is 5.74. The normalized spacial score (nSPS) is 50.7. The van der Waals surface area contributed by atoms with Crippen LogP contribution in [0, 0.1) is 0 Å². The molecule has 0 aromatic carbocycles. The van der Waals surface area contributed by atoms with Crippen LogP contribution in [0.2, 0.25) is 0 Å². The average Bonchev–Trinajstić information content (AvgIpc) is 0.768. The molecule has 0 bridgehead atoms. The van der Waals surface area contributed by atoms with Gasteiger partial charge in [-0.25, -0.2) is 0 Å². The Bertz CT molecular complexity index is 2800. The highest BCUT2D eigenvalue weighted by atomic mass is 16.8. The first-order chi connectivity index (χ1) is 50.5. The highest BCUT2D eigenvalue weighted by Crippen LogP contribution is 2.40. The van der Waals surface area contributed by atoms with Gasteiger partial charge < -0.3 is 219 Å². The van der Waals surface area contributed by atoms with Gasteiger partial charge in [-0.15, -0.1) is 0 Å². The first kappa shape index (κ1) is 87.7. The molecule has 47 heteroatoms. The van der Waals surface area contributed by atoms with Crippen molar-refractivity contribution >= 4 is 17.7 Å². The van der Waals surface area contributed by atoms with Gasteiger partial charge in [0.2, 0.25) is 17.7 Å². The summed E-state index contributed by atoms with van der Waals surface area (Å²) in [6.07, 6.45) is -81.3. The van der Waals surface area contributed by atoms with Crippen LogP contribution >= 0.6 is 0 Å². The Balaban J connectivity index is 0.908. The van der Waals surface area contributed by atoms with E-state index in [-0.39, 0.29) is 0 Å². The Kier molecular flexibility index (Phi) is 31.0. The van der Waals surface area contributed by atoms with Gasteiger partial charge in [0.1, 0.15) is 207 Å². The Morgan fingerprint density at radius 2 is 0.561 bits per heavy atom. The standard InChI is InChI=1S/C60H101N3O44/c1-13-28(73)48(104-55-41(86)37(82)30(75)18(6-64)95-55)43(88)57(92-13)106-50-39(84)32(77)20(8-66)97-59(50)101-45-22(10-68)99-53(25(35(45)80)61-15(3)70)91-12-24-34(79)47(27(52(90)94-24)63-17(5)72)103-54-26(62-16(4)71)36(81)46(23(11-69)100-54)102-60-51(40(85)33(78)21(9-67)98-60)107-58-44(89)49(29(74)14(2)93-58)105-56-42(87)38(83)31(76)19(7-65)96-56/h13-14,18-60,64-69,73-90H,6-12H2,1-5H3,(H,61,70)(H,62,71)(H,63,72)/t13-,14-,18+,19+,20+,21+,22+,23+,24+,25+,26+,27+,28+,29+,30-,31-,32-,33-,34-,35+,36+,37-,38-,39-,40-,41+,42+,43-,44-,45+,46+,47+,48+,49+,50+,51+,52?,53+,54-,55+,56+,57-,58-,59-,60-/m0/s1. The fourth-order valence-corrected chi connectivity index (χ4v) is 13.9. The van der Waals surface area contributed by atoms with Crippen molar-refractivity contribution in [2.45, 2.75) is 311 Å². The van der Waals surface area contributed by atoms with Crippen LogP contribution in [0.4, 0.5) is 0 Å². The largest absolute Gasteiger partial charge is 0.394 e. The highest BCUT2D eigenvalue weighted by Gasteiger charge is 2.60. The molecule has 0 aromatic heterocycles. The van der Waals surface area contributed by atoms with Crippen LogP contribution in [0.3, 0.4) is 0 Å². The van der Waals surface area contributed by atoms with Gasteiger partial charge in [0.15, 0.2) is 56.6 Å². The van der Waals surface area contributed by atoms with Gasteiger partial charge in [-0.3, -0.25) is 14.4 Å². The van der Waals surface area contributed by atoms with Crippen LogP contribution in [-0.4, -0.2) is 463 Å². The van der Waals surface area contributed by atoms with Gasteiger partial charge in [-0.1, -0.05) is 0 Å². The van der Waals surface area contributed by atoms with Crippen molar-refractivity contribution in [1.29, 1.82) is 0 Å². The second-order valence-electron chi connectivity index (χ2n) is 27.4. The zero-order chi connectivity index (χ0) is 78.8. The lowest BCUT2D eigenvalue weighted by Gasteiger charge is -2.51. The molecular formula is C60H101N3O44. The Morgan fingerprint density at radius 3 is 0.935 bits per heavy atom. The zero-order valence-electron chi connectivity index (χ0n) is 57.8. The van der Waals surface area contributed by atoms with Crippen LogP contribution in [-0.2, 0) is 94.9 Å². The zero-order valence-corrected chi connectivity index (χ0v) is 57.8. The quantitative estimate of drug-likeness (QED) is 0.0382. The van der Waals surface area contributed by atoms with E-state index in [1.807, 2.05) is 0 Å². The number of hydrogen-bond donors (Lipinski definition) is 27. The molecule has 9 heterocycles. The molecule has 27 N–H and O–H groups in total. The molecule has 0 aliphatic carbocycles. The Hall–Kier alpha value is -3.23. The van der Waals surface area contributed by atoms with Gasteiger partial charge in [0.25, 0.3) is 0 Å². The predicted octanol–water partition coefficient (Wildman–Crippen LogP) is -18.1. The van der Waals surface area contributed by atoms with E-state index in [0.29, 0.717) is 0 Å². The summed E-state index contributed by atoms with van der Waals surface area (Å²) in [5.74, 6) is -2.69. The third-order valence-corrected chi connectivity index (χ3v) is 19.9. The van der Waals surface area contributed by atoms with Gasteiger partial charge in [-0.2, -0.15) is 0 Å². The monoisotopic (exact) mass is 1570 g/mol. The molecule has 9 rings (SSSR count). The van der Waals surface area contributed by atoms with Crippen molar-refractivity contribution in [3.63, 3.8) is 0 Å². The van der Waals surface area contributed by atoms with Crippen LogP contribution in [0.15, 0.2) is 0 Å². The Labute approximate surface area is 606 Å². The van der Waals surface area contributed by atoms with E-state index in [1.54, 1.807) is 0 Å². The fourth-order valence-electron chi connectivity index (χ4n) is 13.9. The first-order valence-electron chi connectivity index (χ1n) is 34.4. The molecule has 0 radical (unpaired) electrons. The molecule has 620 valence electrons. The maximum Gasteiger partial charge on any atom is 0.217 e. The van der Waals surface area contributed by atoms with Gasteiger partial charge in [0.05, 0.1) is 58.5 Å². The Morgan fingerprint density at radius 1 is 0.262 bits per heavy atom. The summed E-state index contributed by atoms with van der Waals surface area (Å²) in [5, 5.41) is 271. The summed E-state index contributed by atoms with van der Waals surface area (Å²) >= 11 is 0. The smallest absolute Gasteiger partial charge is 0.217 e. The van der Waals surface area contributed by atoms with Crippen molar-refractivity contribution in [3.8, 4) is 0 Å². The van der Waals surface area contributed by atoms with E-state index >= 15 is 0 Å². The number of hydrogen-bond acceptors (Lipinski definition) is 44. The third kappa shape index (κ3) is 19.1. The summed E-state index contributed by atoms with van der Waals surface area (Å²) < 4.78 is 99.4. The van der Waals surface area contributed by atoms with Crippen LogP contribution in [0.25, 0.3) is 0 Å². The second-order valence-corrected chi connectivity index (χ2v) is 27.4. The molecule has 3 amide bonds. The number of carbonyl (C=O) groups is 3. The third-order valence-electron chi connectivity index (χ3n) is 19.9. The molecule has 9 fully saturated rings. The summed E-state index contributed by atoms with van der Waals surface area (Å²) in [4.78, 5) is 38.7. The number of carbonyl (C=O) groups excluding carboxylic acids is 3. The van der Waals surface area contributed by atoms with Crippen LogP contribution in [0.1, 0.15) is 34.6 Å². The number of rotatable bonds is 26. The maximum absolute atomic E-state index is 13.0. The van der Waals surface area contributed by atoms with E-state index < -0.39 is 340 Å². The van der Waals surface area contributed by atoms with E-state index in [9.17, 15) is 137 Å². The summed E-state index contributed by atoms with van der Waals surface area (Å²) in [7, 11) is 0. The minimum Gasteiger partial charge on any atom is -0.394 e. The molecule has 9 aliphatic heterocycles. The maximum atomic E-state index is 13.0. The second kappa shape index (κ2) is 37.8. The molecule has 107 heavy (non-hydrogen) atoms. The van der Waals surface area contributed by atoms with Crippen molar-refractivity contribution in [2.24, 2.45) is 0 Å². The number of amides is 3. The van der Waals surface area contributed by atoms with Crippen molar-refractivity contribution in [1.82, 2.24) is 16.0 Å². The molecule has 9 aliphatic rings. The lowest BCUT2D eigenvalue weighted by Crippen LogP contribution is -2.71. The van der Waals surface area contributed by atoms with E-state index in [0.717, 1.165) is 20.8 Å². The van der Waals surface area contributed by atoms with E-state index in [1.165, 1.54) is 13.8 Å². The number of aliphatic hydroxyl groups is 24. The molecule has 47 nitrogen and oxygen atoms in total. The minimum atomic E-state index is -2.20. The summed E-state index contributed by atoms with van der Waals surface area (Å²) in [5.41, 5.74) is 0. The van der Waals surface area contributed by atoms with Gasteiger partial charge in [0, 0.05) is 20.8 Å². The van der Waals surface area contributed by atoms with Gasteiger partial charge in [-0.05, 0) is 13.8 Å². The minimum absolute atomic E-state index is 0.879. The number of aliphatic hydroxyl groups excluding tert-OH is 24. The number of ether oxygens (including phenoxy) is 17. The predicted molar refractivity (Wildman–Crippen MR) is 329 cm³/mol. The SMILES string of the molecule is CC(=O)N[C@H]1[C@H](OC[C@H]2OC(O)[C@H](NC(C)=O)[C@@H](O[C@@H]3O[C@H](CO)[C@@H](O[C@@H]4O[C@H](CO)[C@H](O)[C@H](O)[C@H]4O[C@@H]4O[C@@H](C)[C@@H](O)[C@@H](O[C@H]5O[C@H](CO)[C@H](O)[C@H](O)[C@H]5O)[C@@H]4O)[C@H](O)[C@H]3NC(C)=O)[C@H]2O)O[C@H](CO)[C@@H](O[C@@H]2O[C@H](CO)[C@H](O)[C@H](O)[C@H]2O[C@@H]2O[C@@H](C)[C@@H](O)[C@@H](O[C@H]3O[C@H](CO)[C@H](O)[C@H](O)[C@H]3O)[C@@H]2O)[C@@H]1O. The topological polar surface area (TPSA) is 730 Å². The molecule has 0 aromatic rings.